The summed E-state index contributed by atoms with van der Waals surface area (Å²) in [6.45, 7) is 0. The van der Waals surface area contributed by atoms with E-state index in [1.54, 1.807) is 0 Å². The van der Waals surface area contributed by atoms with Gasteiger partial charge in [0.25, 0.3) is 0 Å². The van der Waals surface area contributed by atoms with Crippen molar-refractivity contribution in [1.29, 1.82) is 0 Å². The van der Waals surface area contributed by atoms with Crippen LogP contribution in [0.3, 0.4) is 0 Å². The quantitative estimate of drug-likeness (QED) is 0.168. The van der Waals surface area contributed by atoms with Gasteiger partial charge in [0.15, 0.2) is 0 Å². The van der Waals surface area contributed by atoms with Crippen LogP contribution in [0, 0.1) is 0 Å². The Bertz CT molecular complexity index is 3870. The predicted molar refractivity (Wildman–Crippen MR) is 292 cm³/mol. The summed E-state index contributed by atoms with van der Waals surface area (Å²) >= 11 is 0. The van der Waals surface area contributed by atoms with Gasteiger partial charge in [-0.05, 0) is 141 Å². The van der Waals surface area contributed by atoms with Gasteiger partial charge < -0.3 is 14.0 Å². The molecule has 0 fully saturated rings. The van der Waals surface area contributed by atoms with Crippen LogP contribution < -0.4 is 4.90 Å². The number of fused-ring (bicyclic) bond motifs is 15. The number of benzene rings is 11. The lowest BCUT2D eigenvalue weighted by molar-refractivity contribution is 0.753. The molecule has 0 saturated heterocycles. The highest BCUT2D eigenvalue weighted by molar-refractivity contribution is 6.10. The maximum atomic E-state index is 2.50. The number of rotatable bonds is 5. The summed E-state index contributed by atoms with van der Waals surface area (Å²) in [5, 5.41) is 5.06. The second-order valence-corrected chi connectivity index (χ2v) is 18.8. The van der Waals surface area contributed by atoms with Gasteiger partial charge in [0.05, 0.1) is 38.9 Å². The van der Waals surface area contributed by atoms with E-state index in [4.69, 9.17) is 0 Å². The zero-order valence-electron chi connectivity index (χ0n) is 38.2. The third kappa shape index (κ3) is 5.40. The summed E-state index contributed by atoms with van der Waals surface area (Å²) in [6.07, 6.45) is 0. The van der Waals surface area contributed by atoms with E-state index in [2.05, 4.69) is 275 Å². The van der Waals surface area contributed by atoms with Gasteiger partial charge in [-0.1, -0.05) is 176 Å². The topological polar surface area (TPSA) is 13.1 Å². The zero-order valence-corrected chi connectivity index (χ0v) is 38.2. The lowest BCUT2D eigenvalue weighted by atomic mass is 9.64. The molecule has 0 bridgehead atoms. The fraction of sp³-hybridized carbons (Fsp3) is 0.0149. The molecule has 1 aliphatic carbocycles. The molecule has 2 aliphatic rings. The number of anilines is 3. The van der Waals surface area contributed by atoms with E-state index >= 15 is 0 Å². The highest BCUT2D eigenvalue weighted by Crippen LogP contribution is 2.64. The van der Waals surface area contributed by atoms with E-state index in [-0.39, 0.29) is 0 Å². The Balaban J connectivity index is 0.934. The van der Waals surface area contributed by atoms with Gasteiger partial charge >= 0.3 is 0 Å². The molecule has 1 aliphatic heterocycles. The minimum atomic E-state index is -0.610. The van der Waals surface area contributed by atoms with E-state index in [9.17, 15) is 0 Å². The molecule has 1 spiro atoms. The van der Waals surface area contributed by atoms with Gasteiger partial charge in [0, 0.05) is 38.6 Å². The molecule has 0 atom stereocenters. The first-order valence-corrected chi connectivity index (χ1v) is 24.3. The van der Waals surface area contributed by atoms with Crippen molar-refractivity contribution in [1.82, 2.24) is 9.13 Å². The van der Waals surface area contributed by atoms with Gasteiger partial charge in [-0.3, -0.25) is 0 Å². The number of para-hydroxylation sites is 5. The molecule has 70 heavy (non-hydrogen) atoms. The molecular weight excluding hydrogens is 847 g/mol. The maximum absolute atomic E-state index is 2.50. The minimum Gasteiger partial charge on any atom is -0.310 e. The first-order valence-electron chi connectivity index (χ1n) is 24.3. The number of nitrogens with zero attached hydrogens (tertiary/aromatic N) is 3. The van der Waals surface area contributed by atoms with Gasteiger partial charge in [0.2, 0.25) is 0 Å². The number of aromatic nitrogens is 2. The largest absolute Gasteiger partial charge is 0.310 e. The van der Waals surface area contributed by atoms with Crippen LogP contribution in [-0.2, 0) is 5.41 Å². The minimum absolute atomic E-state index is 0.610. The molecular formula is C67H43N3. The lowest BCUT2D eigenvalue weighted by Crippen LogP contribution is -2.36. The molecule has 0 N–H and O–H groups in total. The third-order valence-corrected chi connectivity index (χ3v) is 15.3. The number of hydrogen-bond donors (Lipinski definition) is 0. The Labute approximate surface area is 406 Å². The lowest BCUT2D eigenvalue weighted by Gasteiger charge is -2.45. The zero-order chi connectivity index (χ0) is 45.9. The van der Waals surface area contributed by atoms with E-state index in [1.807, 2.05) is 0 Å². The molecule has 326 valence electrons. The smallest absolute Gasteiger partial charge is 0.0754 e. The van der Waals surface area contributed by atoms with Crippen LogP contribution in [0.15, 0.2) is 261 Å². The van der Waals surface area contributed by atoms with Crippen LogP contribution in [0.2, 0.25) is 0 Å². The highest BCUT2D eigenvalue weighted by Gasteiger charge is 2.52. The highest BCUT2D eigenvalue weighted by atomic mass is 15.2. The molecule has 0 amide bonds. The fourth-order valence-corrected chi connectivity index (χ4v) is 12.4. The molecule has 0 radical (unpaired) electrons. The van der Waals surface area contributed by atoms with Crippen LogP contribution in [0.1, 0.15) is 22.3 Å². The molecule has 3 nitrogen and oxygen atoms in total. The molecule has 15 rings (SSSR count). The van der Waals surface area contributed by atoms with Gasteiger partial charge in [-0.25, -0.2) is 0 Å². The third-order valence-electron chi connectivity index (χ3n) is 15.3. The van der Waals surface area contributed by atoms with E-state index in [1.165, 1.54) is 111 Å². The molecule has 0 saturated carbocycles. The summed E-state index contributed by atoms with van der Waals surface area (Å²) in [5.41, 5.74) is 22.5. The average Bonchev–Trinajstić information content (AvgIpc) is 4.06. The normalized spacial score (nSPS) is 13.2. The van der Waals surface area contributed by atoms with Crippen molar-refractivity contribution in [2.75, 3.05) is 4.90 Å². The number of hydrogen-bond acceptors (Lipinski definition) is 1. The molecule has 3 heteroatoms. The second-order valence-electron chi connectivity index (χ2n) is 18.8. The van der Waals surface area contributed by atoms with Crippen LogP contribution in [0.4, 0.5) is 17.1 Å². The Morgan fingerprint density at radius 1 is 0.243 bits per heavy atom. The maximum Gasteiger partial charge on any atom is 0.0754 e. The van der Waals surface area contributed by atoms with E-state index in [0.29, 0.717) is 0 Å². The van der Waals surface area contributed by atoms with Crippen LogP contribution in [0.5, 0.6) is 0 Å². The summed E-state index contributed by atoms with van der Waals surface area (Å²) in [7, 11) is 0. The Morgan fingerprint density at radius 3 is 1.00 bits per heavy atom. The first kappa shape index (κ1) is 38.9. The van der Waals surface area contributed by atoms with Crippen molar-refractivity contribution < 1.29 is 0 Å². The van der Waals surface area contributed by atoms with Crippen molar-refractivity contribution in [2.45, 2.75) is 5.41 Å². The van der Waals surface area contributed by atoms with Crippen LogP contribution in [-0.4, -0.2) is 9.13 Å². The van der Waals surface area contributed by atoms with Gasteiger partial charge in [-0.2, -0.15) is 0 Å². The Kier molecular flexibility index (Phi) is 8.28. The van der Waals surface area contributed by atoms with Gasteiger partial charge in [-0.15, -0.1) is 0 Å². The molecule has 0 unspecified atom stereocenters. The van der Waals surface area contributed by atoms with Crippen molar-refractivity contribution in [3.8, 4) is 44.8 Å². The molecule has 13 aromatic rings. The van der Waals surface area contributed by atoms with Crippen molar-refractivity contribution >= 4 is 60.7 Å². The Morgan fingerprint density at radius 2 is 0.586 bits per heavy atom. The molecule has 11 aromatic carbocycles. The summed E-state index contributed by atoms with van der Waals surface area (Å²) in [4.78, 5) is 2.49. The van der Waals surface area contributed by atoms with Gasteiger partial charge in [0.1, 0.15) is 0 Å². The SMILES string of the molecule is c1ccc(N2c3ccc(-c4ccc(-n5c6ccccc6c6ccccc65)cc4)cc3C3(c4ccccc4-c4ccccc43)c3cc(-c4ccc(-n5c6ccccc6c6ccccc65)cc4)ccc32)cc1. The van der Waals surface area contributed by atoms with Crippen LogP contribution >= 0.6 is 0 Å². The van der Waals surface area contributed by atoms with Crippen molar-refractivity contribution in [3.63, 3.8) is 0 Å². The predicted octanol–water partition coefficient (Wildman–Crippen LogP) is 17.4. The Hall–Kier alpha value is -9.18. The molecule has 2 aromatic heterocycles. The van der Waals surface area contributed by atoms with Crippen molar-refractivity contribution in [2.24, 2.45) is 0 Å². The first-order chi connectivity index (χ1) is 34.7. The second kappa shape index (κ2) is 14.9. The van der Waals surface area contributed by atoms with Crippen molar-refractivity contribution in [3.05, 3.63) is 283 Å². The van der Waals surface area contributed by atoms with E-state index < -0.39 is 5.41 Å². The fourth-order valence-electron chi connectivity index (χ4n) is 12.4. The molecule has 3 heterocycles. The summed E-state index contributed by atoms with van der Waals surface area (Å²) < 4.78 is 4.79. The standard InChI is InChI=1S/C67H43N3/c1-2-16-48(17-3-1)70-65-40-34-46(44-30-36-49(37-31-44)68-61-26-12-6-20-53(61)54-21-7-13-27-62(54)68)42-59(65)67(57-24-10-4-18-51(57)52-19-5-11-25-58(52)67)60-43-47(35-41-66(60)70)45-32-38-50(39-33-45)69-63-28-14-8-22-55(63)56-23-9-15-29-64(56)69/h1-43H. The van der Waals surface area contributed by atoms with Crippen LogP contribution in [0.25, 0.3) is 88.4 Å². The summed E-state index contributed by atoms with van der Waals surface area (Å²) in [6, 6.07) is 96.8. The summed E-state index contributed by atoms with van der Waals surface area (Å²) in [5.74, 6) is 0. The monoisotopic (exact) mass is 889 g/mol. The van der Waals surface area contributed by atoms with E-state index in [0.717, 1.165) is 17.1 Å². The average molecular weight is 890 g/mol.